The lowest BCUT2D eigenvalue weighted by Gasteiger charge is -2.04. The topological polar surface area (TPSA) is 65.3 Å². The highest BCUT2D eigenvalue weighted by Crippen LogP contribution is 2.26. The average Bonchev–Trinajstić information content (AvgIpc) is 2.20. The number of hydrogen-bond donors (Lipinski definition) is 0. The Morgan fingerprint density at radius 1 is 1.60 bits per heavy atom. The van der Waals surface area contributed by atoms with Gasteiger partial charge in [-0.05, 0) is 22.4 Å². The molecular formula is C9H11BrN2O3. The smallest absolute Gasteiger partial charge is 0.407 e. The molecule has 1 rings (SSSR count). The molecule has 0 atom stereocenters. The maximum absolute atomic E-state index is 10.6. The third-order valence-corrected chi connectivity index (χ3v) is 2.18. The van der Waals surface area contributed by atoms with Crippen molar-refractivity contribution in [3.05, 3.63) is 26.9 Å². The predicted octanol–water partition coefficient (Wildman–Crippen LogP) is 2.93. The van der Waals surface area contributed by atoms with Crippen LogP contribution in [0.5, 0.6) is 5.75 Å². The van der Waals surface area contributed by atoms with Gasteiger partial charge in [-0.1, -0.05) is 13.3 Å². The van der Waals surface area contributed by atoms with Crippen molar-refractivity contribution in [1.82, 2.24) is 4.98 Å². The molecule has 0 amide bonds. The summed E-state index contributed by atoms with van der Waals surface area (Å²) >= 11 is 3.08. The Morgan fingerprint density at radius 3 is 2.93 bits per heavy atom. The SMILES string of the molecule is CCCCOc1ccc(Br)nc1[N+](=O)[O-]. The van der Waals surface area contributed by atoms with Gasteiger partial charge < -0.3 is 14.9 Å². The van der Waals surface area contributed by atoms with Crippen molar-refractivity contribution < 1.29 is 9.66 Å². The van der Waals surface area contributed by atoms with Crippen molar-refractivity contribution in [1.29, 1.82) is 0 Å². The van der Waals surface area contributed by atoms with Gasteiger partial charge in [-0.25, -0.2) is 0 Å². The van der Waals surface area contributed by atoms with Crippen molar-refractivity contribution in [2.45, 2.75) is 19.8 Å². The van der Waals surface area contributed by atoms with Gasteiger partial charge in [-0.3, -0.25) is 0 Å². The predicted molar refractivity (Wildman–Crippen MR) is 59.0 cm³/mol. The molecule has 0 unspecified atom stereocenters. The number of nitrogens with zero attached hydrogens (tertiary/aromatic N) is 2. The van der Waals surface area contributed by atoms with E-state index in [0.717, 1.165) is 12.8 Å². The Bertz CT molecular complexity index is 357. The highest BCUT2D eigenvalue weighted by atomic mass is 79.9. The molecular weight excluding hydrogens is 264 g/mol. The van der Waals surface area contributed by atoms with E-state index in [0.29, 0.717) is 11.2 Å². The normalized spacial score (nSPS) is 10.0. The van der Waals surface area contributed by atoms with Gasteiger partial charge in [0.15, 0.2) is 0 Å². The molecule has 0 fully saturated rings. The molecule has 0 spiro atoms. The van der Waals surface area contributed by atoms with Gasteiger partial charge in [0.2, 0.25) is 10.4 Å². The summed E-state index contributed by atoms with van der Waals surface area (Å²) in [5.74, 6) is -0.0304. The number of pyridine rings is 1. The van der Waals surface area contributed by atoms with E-state index >= 15 is 0 Å². The molecule has 0 N–H and O–H groups in total. The van der Waals surface area contributed by atoms with E-state index < -0.39 is 4.92 Å². The second kappa shape index (κ2) is 5.65. The number of unbranched alkanes of at least 4 members (excludes halogenated alkanes) is 1. The summed E-state index contributed by atoms with van der Waals surface area (Å²) in [4.78, 5) is 13.8. The standard InChI is InChI=1S/C9H11BrN2O3/c1-2-3-6-15-7-4-5-8(10)11-9(7)12(13)14/h4-5H,2-3,6H2,1H3. The minimum Gasteiger partial charge on any atom is -0.486 e. The van der Waals surface area contributed by atoms with Gasteiger partial charge in [0.25, 0.3) is 0 Å². The fourth-order valence-corrected chi connectivity index (χ4v) is 1.28. The molecule has 0 saturated heterocycles. The van der Waals surface area contributed by atoms with E-state index in [2.05, 4.69) is 20.9 Å². The number of aromatic nitrogens is 1. The van der Waals surface area contributed by atoms with Crippen LogP contribution in [-0.2, 0) is 0 Å². The average molecular weight is 275 g/mol. The molecule has 82 valence electrons. The number of ether oxygens (including phenoxy) is 1. The van der Waals surface area contributed by atoms with Crippen molar-refractivity contribution in [2.24, 2.45) is 0 Å². The van der Waals surface area contributed by atoms with Crippen LogP contribution in [0.25, 0.3) is 0 Å². The molecule has 0 aromatic carbocycles. The first-order valence-corrected chi connectivity index (χ1v) is 5.38. The molecule has 0 aliphatic heterocycles. The van der Waals surface area contributed by atoms with E-state index in [-0.39, 0.29) is 11.6 Å². The summed E-state index contributed by atoms with van der Waals surface area (Å²) in [6, 6.07) is 3.17. The van der Waals surface area contributed by atoms with Crippen LogP contribution in [0.1, 0.15) is 19.8 Å². The van der Waals surface area contributed by atoms with E-state index in [1.54, 1.807) is 12.1 Å². The lowest BCUT2D eigenvalue weighted by Crippen LogP contribution is -2.01. The van der Waals surface area contributed by atoms with Gasteiger partial charge in [-0.2, -0.15) is 0 Å². The largest absolute Gasteiger partial charge is 0.486 e. The zero-order valence-corrected chi connectivity index (χ0v) is 9.86. The Balaban J connectivity index is 2.81. The lowest BCUT2D eigenvalue weighted by atomic mass is 10.3. The zero-order chi connectivity index (χ0) is 11.3. The van der Waals surface area contributed by atoms with Gasteiger partial charge in [0, 0.05) is 22.0 Å². The van der Waals surface area contributed by atoms with Crippen LogP contribution in [0.4, 0.5) is 5.82 Å². The van der Waals surface area contributed by atoms with E-state index in [9.17, 15) is 10.1 Å². The fraction of sp³-hybridized carbons (Fsp3) is 0.444. The van der Waals surface area contributed by atoms with E-state index in [1.165, 1.54) is 0 Å². The van der Waals surface area contributed by atoms with Crippen molar-refractivity contribution in [2.75, 3.05) is 6.61 Å². The zero-order valence-electron chi connectivity index (χ0n) is 8.27. The molecule has 1 aromatic heterocycles. The Morgan fingerprint density at radius 2 is 2.33 bits per heavy atom. The Labute approximate surface area is 95.7 Å². The summed E-state index contributed by atoms with van der Waals surface area (Å²) in [6.07, 6.45) is 1.85. The van der Waals surface area contributed by atoms with Gasteiger partial charge in [0.1, 0.15) is 0 Å². The highest BCUT2D eigenvalue weighted by Gasteiger charge is 2.17. The molecule has 0 aliphatic rings. The first kappa shape index (κ1) is 11.9. The molecule has 1 aromatic rings. The summed E-state index contributed by atoms with van der Waals surface area (Å²) in [5.41, 5.74) is 0. The minimum absolute atomic E-state index is 0.219. The third-order valence-electron chi connectivity index (χ3n) is 1.73. The Kier molecular flexibility index (Phi) is 4.48. The third kappa shape index (κ3) is 3.47. The molecule has 0 radical (unpaired) electrons. The van der Waals surface area contributed by atoms with Gasteiger partial charge in [0.05, 0.1) is 6.61 Å². The summed E-state index contributed by atoms with van der Waals surface area (Å²) < 4.78 is 5.70. The molecule has 0 bridgehead atoms. The Hall–Kier alpha value is -1.17. The van der Waals surface area contributed by atoms with Crippen molar-refractivity contribution >= 4 is 21.7 Å². The van der Waals surface area contributed by atoms with Crippen LogP contribution in [0.3, 0.4) is 0 Å². The van der Waals surface area contributed by atoms with Gasteiger partial charge >= 0.3 is 5.82 Å². The fourth-order valence-electron chi connectivity index (χ4n) is 0.982. The number of rotatable bonds is 5. The minimum atomic E-state index is -0.550. The summed E-state index contributed by atoms with van der Waals surface area (Å²) in [5, 5.41) is 10.6. The quantitative estimate of drug-likeness (QED) is 0.358. The van der Waals surface area contributed by atoms with Crippen LogP contribution in [0.2, 0.25) is 0 Å². The molecule has 6 heteroatoms. The molecule has 0 saturated carbocycles. The maximum Gasteiger partial charge on any atom is 0.407 e. The van der Waals surface area contributed by atoms with Crippen LogP contribution < -0.4 is 4.74 Å². The highest BCUT2D eigenvalue weighted by molar-refractivity contribution is 9.10. The van der Waals surface area contributed by atoms with Crippen LogP contribution in [-0.4, -0.2) is 16.5 Å². The van der Waals surface area contributed by atoms with Crippen LogP contribution in [0.15, 0.2) is 16.7 Å². The number of halogens is 1. The molecule has 15 heavy (non-hydrogen) atoms. The monoisotopic (exact) mass is 274 g/mol. The summed E-state index contributed by atoms with van der Waals surface area (Å²) in [6.45, 7) is 2.50. The van der Waals surface area contributed by atoms with Crippen LogP contribution in [0, 0.1) is 10.1 Å². The van der Waals surface area contributed by atoms with E-state index in [4.69, 9.17) is 4.74 Å². The van der Waals surface area contributed by atoms with Crippen molar-refractivity contribution in [3.63, 3.8) is 0 Å². The molecule has 5 nitrogen and oxygen atoms in total. The number of nitro groups is 1. The molecule has 0 aliphatic carbocycles. The second-order valence-corrected chi connectivity index (χ2v) is 3.73. The first-order chi connectivity index (χ1) is 7.15. The number of hydrogen-bond acceptors (Lipinski definition) is 4. The van der Waals surface area contributed by atoms with Crippen LogP contribution >= 0.6 is 15.9 Å². The van der Waals surface area contributed by atoms with Gasteiger partial charge in [-0.15, -0.1) is 0 Å². The maximum atomic E-state index is 10.6. The molecule has 1 heterocycles. The van der Waals surface area contributed by atoms with Crippen molar-refractivity contribution in [3.8, 4) is 5.75 Å². The lowest BCUT2D eigenvalue weighted by molar-refractivity contribution is -0.390. The second-order valence-electron chi connectivity index (χ2n) is 2.91. The van der Waals surface area contributed by atoms with E-state index in [1.807, 2.05) is 6.92 Å². The first-order valence-electron chi connectivity index (χ1n) is 4.59. The summed E-state index contributed by atoms with van der Waals surface area (Å²) in [7, 11) is 0.